The molecule has 1 heterocycles. The Kier molecular flexibility index (Phi) is 5.18. The molecule has 0 aromatic heterocycles. The van der Waals surface area contributed by atoms with Crippen LogP contribution in [0, 0.1) is 0 Å². The van der Waals surface area contributed by atoms with E-state index < -0.39 is 22.5 Å². The number of rotatable bonds is 3. The zero-order valence-electron chi connectivity index (χ0n) is 15.5. The van der Waals surface area contributed by atoms with Crippen LogP contribution >= 0.6 is 11.8 Å². The number of hydrogen-bond acceptors (Lipinski definition) is 3. The minimum atomic E-state index is -4.45. The molecular formula is C20H19F3N2O2S. The first-order chi connectivity index (χ1) is 13.0. The summed E-state index contributed by atoms with van der Waals surface area (Å²) in [7, 11) is 0. The standard InChI is InChI=1S/C20H19F3N2O2S/c1-12(28-14-8-6-7-13(11-14)20(21,22)23)17(26)25-16-10-5-4-9-15(16)24-18(27)19(25,2)3/h4-12H,1-3H3,(H,24,27)/t12-/m1/s1. The van der Waals surface area contributed by atoms with E-state index in [0.29, 0.717) is 16.3 Å². The molecule has 0 spiro atoms. The summed E-state index contributed by atoms with van der Waals surface area (Å²) in [4.78, 5) is 27.5. The number of alkyl halides is 3. The summed E-state index contributed by atoms with van der Waals surface area (Å²) >= 11 is 1.03. The molecule has 4 nitrogen and oxygen atoms in total. The molecule has 0 fully saturated rings. The van der Waals surface area contributed by atoms with Gasteiger partial charge in [0.1, 0.15) is 5.54 Å². The molecule has 1 aliphatic heterocycles. The van der Waals surface area contributed by atoms with E-state index in [-0.39, 0.29) is 11.8 Å². The van der Waals surface area contributed by atoms with Crippen molar-refractivity contribution in [3.63, 3.8) is 0 Å². The molecule has 0 saturated heterocycles. The van der Waals surface area contributed by atoms with Gasteiger partial charge in [0, 0.05) is 4.90 Å². The zero-order chi connectivity index (χ0) is 20.7. The number of thioether (sulfide) groups is 1. The third-order valence-corrected chi connectivity index (χ3v) is 5.63. The maximum Gasteiger partial charge on any atom is 0.416 e. The first-order valence-electron chi connectivity index (χ1n) is 8.60. The van der Waals surface area contributed by atoms with Gasteiger partial charge in [-0.3, -0.25) is 14.5 Å². The smallest absolute Gasteiger partial charge is 0.322 e. The van der Waals surface area contributed by atoms with Crippen molar-refractivity contribution in [2.45, 2.75) is 42.6 Å². The molecule has 0 radical (unpaired) electrons. The third-order valence-electron chi connectivity index (χ3n) is 4.55. The second kappa shape index (κ2) is 7.16. The Hall–Kier alpha value is -2.48. The Morgan fingerprint density at radius 3 is 2.50 bits per heavy atom. The molecule has 1 aliphatic rings. The van der Waals surface area contributed by atoms with E-state index in [9.17, 15) is 22.8 Å². The average Bonchev–Trinajstić information content (AvgIpc) is 2.61. The molecule has 1 atom stereocenters. The largest absolute Gasteiger partial charge is 0.416 e. The van der Waals surface area contributed by atoms with Crippen LogP contribution in [0.2, 0.25) is 0 Å². The van der Waals surface area contributed by atoms with E-state index in [1.807, 2.05) is 0 Å². The van der Waals surface area contributed by atoms with E-state index in [2.05, 4.69) is 5.32 Å². The number of benzene rings is 2. The number of nitrogens with one attached hydrogen (secondary N) is 1. The van der Waals surface area contributed by atoms with E-state index in [1.54, 1.807) is 45.0 Å². The van der Waals surface area contributed by atoms with E-state index in [4.69, 9.17) is 0 Å². The van der Waals surface area contributed by atoms with Crippen molar-refractivity contribution in [2.75, 3.05) is 10.2 Å². The summed E-state index contributed by atoms with van der Waals surface area (Å²) in [6, 6.07) is 11.8. The van der Waals surface area contributed by atoms with E-state index in [0.717, 1.165) is 23.9 Å². The van der Waals surface area contributed by atoms with Crippen LogP contribution in [0.1, 0.15) is 26.3 Å². The molecule has 0 unspecified atom stereocenters. The number of anilines is 2. The van der Waals surface area contributed by atoms with Gasteiger partial charge in [-0.15, -0.1) is 11.8 Å². The summed E-state index contributed by atoms with van der Waals surface area (Å²) < 4.78 is 38.8. The lowest BCUT2D eigenvalue weighted by molar-refractivity contribution is -0.137. The first-order valence-corrected chi connectivity index (χ1v) is 9.48. The normalized spacial score (nSPS) is 16.9. The molecule has 0 aliphatic carbocycles. The fourth-order valence-electron chi connectivity index (χ4n) is 3.03. The van der Waals surface area contributed by atoms with E-state index >= 15 is 0 Å². The maximum atomic E-state index is 13.2. The minimum absolute atomic E-state index is 0.323. The van der Waals surface area contributed by atoms with Crippen LogP contribution in [0.15, 0.2) is 53.4 Å². The van der Waals surface area contributed by atoms with Crippen molar-refractivity contribution < 1.29 is 22.8 Å². The van der Waals surface area contributed by atoms with Crippen LogP contribution < -0.4 is 10.2 Å². The summed E-state index contributed by atoms with van der Waals surface area (Å²) in [5.74, 6) is -0.675. The topological polar surface area (TPSA) is 49.4 Å². The number of halogens is 3. The minimum Gasteiger partial charge on any atom is -0.322 e. The van der Waals surface area contributed by atoms with Crippen molar-refractivity contribution in [1.29, 1.82) is 0 Å². The lowest BCUT2D eigenvalue weighted by Crippen LogP contribution is -2.60. The fourth-order valence-corrected chi connectivity index (χ4v) is 4.00. The van der Waals surface area contributed by atoms with Gasteiger partial charge in [0.2, 0.25) is 11.8 Å². The number of amides is 2. The Morgan fingerprint density at radius 1 is 1.14 bits per heavy atom. The molecule has 28 heavy (non-hydrogen) atoms. The van der Waals surface area contributed by atoms with Gasteiger partial charge >= 0.3 is 6.18 Å². The quantitative estimate of drug-likeness (QED) is 0.731. The lowest BCUT2D eigenvalue weighted by atomic mass is 9.96. The fraction of sp³-hybridized carbons (Fsp3) is 0.300. The monoisotopic (exact) mass is 408 g/mol. The molecule has 1 N–H and O–H groups in total. The summed E-state index contributed by atoms with van der Waals surface area (Å²) in [6.45, 7) is 4.90. The van der Waals surface area contributed by atoms with Crippen LogP contribution in [-0.4, -0.2) is 22.6 Å². The second-order valence-electron chi connectivity index (χ2n) is 6.99. The SMILES string of the molecule is C[C@@H](Sc1cccc(C(F)(F)F)c1)C(=O)N1c2ccccc2NC(=O)C1(C)C. The van der Waals surface area contributed by atoms with Gasteiger partial charge < -0.3 is 5.32 Å². The highest BCUT2D eigenvalue weighted by molar-refractivity contribution is 8.00. The van der Waals surface area contributed by atoms with Gasteiger partial charge in [-0.2, -0.15) is 13.2 Å². The van der Waals surface area contributed by atoms with Crippen LogP contribution in [0.4, 0.5) is 24.5 Å². The van der Waals surface area contributed by atoms with Crippen LogP contribution in [-0.2, 0) is 15.8 Å². The zero-order valence-corrected chi connectivity index (χ0v) is 16.3. The molecule has 2 aromatic carbocycles. The highest BCUT2D eigenvalue weighted by atomic mass is 32.2. The number of para-hydroxylation sites is 2. The first kappa shape index (κ1) is 20.3. The van der Waals surface area contributed by atoms with Gasteiger partial charge in [-0.25, -0.2) is 0 Å². The number of nitrogens with zero attached hydrogens (tertiary/aromatic N) is 1. The molecule has 2 aromatic rings. The molecular weight excluding hydrogens is 389 g/mol. The summed E-state index contributed by atoms with van der Waals surface area (Å²) in [5, 5.41) is 2.09. The Labute approximate surface area is 165 Å². The number of carbonyl (C=O) groups is 2. The van der Waals surface area contributed by atoms with E-state index in [1.165, 1.54) is 17.0 Å². The van der Waals surface area contributed by atoms with Gasteiger partial charge in [0.25, 0.3) is 0 Å². The van der Waals surface area contributed by atoms with Crippen LogP contribution in [0.25, 0.3) is 0 Å². The number of hydrogen-bond donors (Lipinski definition) is 1. The Bertz CT molecular complexity index is 928. The molecule has 2 amide bonds. The second-order valence-corrected chi connectivity index (χ2v) is 8.40. The van der Waals surface area contributed by atoms with Gasteiger partial charge in [-0.1, -0.05) is 18.2 Å². The van der Waals surface area contributed by atoms with Crippen molar-refractivity contribution in [3.8, 4) is 0 Å². The van der Waals surface area contributed by atoms with Gasteiger partial charge in [-0.05, 0) is 51.1 Å². The number of carbonyl (C=O) groups excluding carboxylic acids is 2. The molecule has 8 heteroatoms. The Balaban J connectivity index is 1.90. The van der Waals surface area contributed by atoms with Gasteiger partial charge in [0.15, 0.2) is 0 Å². The van der Waals surface area contributed by atoms with Crippen molar-refractivity contribution in [1.82, 2.24) is 0 Å². The predicted molar refractivity (Wildman–Crippen MR) is 103 cm³/mol. The summed E-state index contributed by atoms with van der Waals surface area (Å²) in [5.41, 5.74) is -0.807. The highest BCUT2D eigenvalue weighted by Gasteiger charge is 2.44. The third kappa shape index (κ3) is 3.73. The highest BCUT2D eigenvalue weighted by Crippen LogP contribution is 2.39. The van der Waals surface area contributed by atoms with Gasteiger partial charge in [0.05, 0.1) is 22.2 Å². The lowest BCUT2D eigenvalue weighted by Gasteiger charge is -2.43. The van der Waals surface area contributed by atoms with Crippen LogP contribution in [0.3, 0.4) is 0 Å². The predicted octanol–water partition coefficient (Wildman–Crippen LogP) is 4.95. The molecule has 0 saturated carbocycles. The van der Waals surface area contributed by atoms with Crippen molar-refractivity contribution >= 4 is 35.0 Å². The van der Waals surface area contributed by atoms with Crippen molar-refractivity contribution in [2.24, 2.45) is 0 Å². The van der Waals surface area contributed by atoms with Crippen molar-refractivity contribution in [3.05, 3.63) is 54.1 Å². The van der Waals surface area contributed by atoms with Crippen LogP contribution in [0.5, 0.6) is 0 Å². The summed E-state index contributed by atoms with van der Waals surface area (Å²) in [6.07, 6.45) is -4.45. The number of fused-ring (bicyclic) bond motifs is 1. The maximum absolute atomic E-state index is 13.2. The average molecular weight is 408 g/mol. The molecule has 0 bridgehead atoms. The Morgan fingerprint density at radius 2 is 1.82 bits per heavy atom. The molecule has 148 valence electrons. The molecule has 3 rings (SSSR count).